The maximum atomic E-state index is 14.3. The van der Waals surface area contributed by atoms with Crippen LogP contribution in [0.25, 0.3) is 0 Å². The number of amides is 2. The monoisotopic (exact) mass is 316 g/mol. The second kappa shape index (κ2) is 5.86. The molecule has 1 saturated heterocycles. The summed E-state index contributed by atoms with van der Waals surface area (Å²) in [6, 6.07) is 0. The van der Waals surface area contributed by atoms with Gasteiger partial charge in [0, 0.05) is 29.9 Å². The summed E-state index contributed by atoms with van der Waals surface area (Å²) in [7, 11) is -4.21. The minimum absolute atomic E-state index is 0.00479. The summed E-state index contributed by atoms with van der Waals surface area (Å²) in [4.78, 5) is 26.6. The number of aromatic nitrogens is 1. The number of rotatable bonds is 4. The number of nitrogens with one attached hydrogen (secondary N) is 1. The van der Waals surface area contributed by atoms with Crippen molar-refractivity contribution in [2.24, 2.45) is 0 Å². The van der Waals surface area contributed by atoms with Crippen LogP contribution in [0, 0.1) is 5.82 Å². The first-order valence-corrected chi connectivity index (χ1v) is 7.80. The summed E-state index contributed by atoms with van der Waals surface area (Å²) >= 11 is 0. The third-order valence-electron chi connectivity index (χ3n) is 3.22. The number of imide groups is 1. The topological polar surface area (TPSA) is 113 Å². The Hall–Kier alpha value is -1.87. The average molecular weight is 316 g/mol. The van der Waals surface area contributed by atoms with Crippen molar-refractivity contribution < 1.29 is 27.0 Å². The number of nitrogens with zero attached hydrogens (tertiary/aromatic N) is 1. The number of halogens is 1. The van der Waals surface area contributed by atoms with Gasteiger partial charge in [-0.05, 0) is 12.8 Å². The highest BCUT2D eigenvalue weighted by Gasteiger charge is 2.31. The lowest BCUT2D eigenvalue weighted by Gasteiger charge is -2.21. The third-order valence-corrected chi connectivity index (χ3v) is 3.94. The largest absolute Gasteiger partial charge is 0.296 e. The number of aryl methyl sites for hydroxylation is 1. The normalized spacial score (nSPS) is 19.4. The van der Waals surface area contributed by atoms with Crippen molar-refractivity contribution in [2.75, 3.05) is 5.75 Å². The van der Waals surface area contributed by atoms with Gasteiger partial charge in [-0.3, -0.25) is 24.4 Å². The lowest BCUT2D eigenvalue weighted by Crippen LogP contribution is -2.39. The number of hydrogen-bond acceptors (Lipinski definition) is 5. The zero-order valence-electron chi connectivity index (χ0n) is 10.9. The highest BCUT2D eigenvalue weighted by Crippen LogP contribution is 2.27. The standard InChI is InChI=1S/C12H13FN2O5S/c13-11-7(3-4-21(18,19)20)5-14-6-9(11)8-1-2-10(16)15-12(8)17/h5-6,8H,1-4H2,(H,15,16,17)(H,18,19,20). The van der Waals surface area contributed by atoms with E-state index >= 15 is 0 Å². The van der Waals surface area contributed by atoms with E-state index in [4.69, 9.17) is 4.55 Å². The Morgan fingerprint density at radius 1 is 1.38 bits per heavy atom. The van der Waals surface area contributed by atoms with Crippen LogP contribution < -0.4 is 5.32 Å². The van der Waals surface area contributed by atoms with Crippen molar-refractivity contribution in [3.63, 3.8) is 0 Å². The van der Waals surface area contributed by atoms with Gasteiger partial charge in [-0.1, -0.05) is 0 Å². The number of carbonyl (C=O) groups is 2. The molecular formula is C12H13FN2O5S. The van der Waals surface area contributed by atoms with Gasteiger partial charge in [0.15, 0.2) is 0 Å². The van der Waals surface area contributed by atoms with E-state index in [0.717, 1.165) is 6.20 Å². The lowest BCUT2D eigenvalue weighted by atomic mass is 9.90. The molecule has 9 heteroatoms. The average Bonchev–Trinajstić information content (AvgIpc) is 2.37. The van der Waals surface area contributed by atoms with Crippen LogP contribution in [0.2, 0.25) is 0 Å². The fraction of sp³-hybridized carbons (Fsp3) is 0.417. The molecule has 114 valence electrons. The van der Waals surface area contributed by atoms with Gasteiger partial charge in [-0.25, -0.2) is 4.39 Å². The van der Waals surface area contributed by atoms with E-state index in [0.29, 0.717) is 0 Å². The maximum absolute atomic E-state index is 14.3. The van der Waals surface area contributed by atoms with E-state index in [9.17, 15) is 22.4 Å². The molecule has 0 spiro atoms. The van der Waals surface area contributed by atoms with Gasteiger partial charge in [0.25, 0.3) is 10.1 Å². The fourth-order valence-electron chi connectivity index (χ4n) is 2.15. The van der Waals surface area contributed by atoms with E-state index in [1.165, 1.54) is 6.20 Å². The van der Waals surface area contributed by atoms with Gasteiger partial charge >= 0.3 is 0 Å². The van der Waals surface area contributed by atoms with Gasteiger partial charge in [-0.2, -0.15) is 8.42 Å². The summed E-state index contributed by atoms with van der Waals surface area (Å²) in [6.07, 6.45) is 2.36. The molecule has 0 bridgehead atoms. The summed E-state index contributed by atoms with van der Waals surface area (Å²) in [5.41, 5.74) is 0.0164. The number of pyridine rings is 1. The van der Waals surface area contributed by atoms with Crippen LogP contribution in [0.15, 0.2) is 12.4 Å². The summed E-state index contributed by atoms with van der Waals surface area (Å²) in [5, 5.41) is 2.12. The van der Waals surface area contributed by atoms with Crippen molar-refractivity contribution in [1.29, 1.82) is 0 Å². The first-order valence-electron chi connectivity index (χ1n) is 6.19. The van der Waals surface area contributed by atoms with Crippen molar-refractivity contribution in [3.05, 3.63) is 29.3 Å². The molecule has 1 unspecified atom stereocenters. The molecule has 1 aliphatic rings. The van der Waals surface area contributed by atoms with Crippen LogP contribution in [0.4, 0.5) is 4.39 Å². The Balaban J connectivity index is 2.25. The lowest BCUT2D eigenvalue weighted by molar-refractivity contribution is -0.134. The molecule has 2 N–H and O–H groups in total. The van der Waals surface area contributed by atoms with Gasteiger partial charge in [0.1, 0.15) is 5.82 Å². The van der Waals surface area contributed by atoms with Gasteiger partial charge in [0.2, 0.25) is 11.8 Å². The SMILES string of the molecule is O=C1CCC(c2cncc(CCS(=O)(=O)O)c2F)C(=O)N1. The van der Waals surface area contributed by atoms with Crippen molar-refractivity contribution >= 4 is 21.9 Å². The Labute approximate surface area is 120 Å². The fourth-order valence-corrected chi connectivity index (χ4v) is 2.63. The highest BCUT2D eigenvalue weighted by atomic mass is 32.2. The zero-order valence-corrected chi connectivity index (χ0v) is 11.7. The van der Waals surface area contributed by atoms with Gasteiger partial charge < -0.3 is 0 Å². The third kappa shape index (κ3) is 3.82. The van der Waals surface area contributed by atoms with Gasteiger partial charge in [0.05, 0.1) is 11.7 Å². The minimum Gasteiger partial charge on any atom is -0.296 e. The Morgan fingerprint density at radius 2 is 2.10 bits per heavy atom. The molecule has 1 aromatic rings. The molecule has 1 fully saturated rings. The molecule has 2 amide bonds. The molecule has 0 saturated carbocycles. The van der Waals surface area contributed by atoms with Gasteiger partial charge in [-0.15, -0.1) is 0 Å². The highest BCUT2D eigenvalue weighted by molar-refractivity contribution is 7.85. The Morgan fingerprint density at radius 3 is 2.71 bits per heavy atom. The number of carbonyl (C=O) groups excluding carboxylic acids is 2. The predicted octanol–water partition coefficient (Wildman–Crippen LogP) is 0.171. The van der Waals surface area contributed by atoms with Crippen LogP contribution in [0.1, 0.15) is 29.9 Å². The molecule has 0 aliphatic carbocycles. The molecule has 7 nitrogen and oxygen atoms in total. The van der Waals surface area contributed by atoms with Crippen molar-refractivity contribution in [3.8, 4) is 0 Å². The Bertz CT molecular complexity index is 689. The second-order valence-electron chi connectivity index (χ2n) is 4.74. The molecular weight excluding hydrogens is 303 g/mol. The zero-order chi connectivity index (χ0) is 15.6. The van der Waals surface area contributed by atoms with Crippen molar-refractivity contribution in [2.45, 2.75) is 25.2 Å². The minimum atomic E-state index is -4.21. The van der Waals surface area contributed by atoms with Crippen LogP contribution in [-0.2, 0) is 26.1 Å². The van der Waals surface area contributed by atoms with E-state index in [-0.39, 0.29) is 30.4 Å². The predicted molar refractivity (Wildman–Crippen MR) is 69.4 cm³/mol. The van der Waals surface area contributed by atoms with E-state index in [1.807, 2.05) is 0 Å². The van der Waals surface area contributed by atoms with E-state index < -0.39 is 39.4 Å². The first-order chi connectivity index (χ1) is 9.78. The summed E-state index contributed by atoms with van der Waals surface area (Å²) in [5.74, 6) is -3.21. The molecule has 21 heavy (non-hydrogen) atoms. The van der Waals surface area contributed by atoms with E-state index in [1.54, 1.807) is 0 Å². The first kappa shape index (κ1) is 15.5. The van der Waals surface area contributed by atoms with Crippen LogP contribution in [0.3, 0.4) is 0 Å². The number of piperidine rings is 1. The molecule has 1 aromatic heterocycles. The summed E-state index contributed by atoms with van der Waals surface area (Å²) < 4.78 is 44.4. The summed E-state index contributed by atoms with van der Waals surface area (Å²) in [6.45, 7) is 0. The molecule has 1 aliphatic heterocycles. The Kier molecular flexibility index (Phi) is 4.33. The van der Waals surface area contributed by atoms with Crippen molar-refractivity contribution in [1.82, 2.24) is 10.3 Å². The molecule has 0 aromatic carbocycles. The van der Waals surface area contributed by atoms with Crippen LogP contribution >= 0.6 is 0 Å². The van der Waals surface area contributed by atoms with Crippen LogP contribution in [-0.4, -0.2) is 35.5 Å². The number of hydrogen-bond donors (Lipinski definition) is 2. The molecule has 2 heterocycles. The smallest absolute Gasteiger partial charge is 0.265 e. The quantitative estimate of drug-likeness (QED) is 0.605. The van der Waals surface area contributed by atoms with E-state index in [2.05, 4.69) is 10.3 Å². The molecule has 2 rings (SSSR count). The van der Waals surface area contributed by atoms with Crippen LogP contribution in [0.5, 0.6) is 0 Å². The molecule has 1 atom stereocenters. The maximum Gasteiger partial charge on any atom is 0.265 e. The second-order valence-corrected chi connectivity index (χ2v) is 6.31. The molecule has 0 radical (unpaired) electrons.